The molecule has 1 heteroatoms. The zero-order valence-electron chi connectivity index (χ0n) is 19.1. The van der Waals surface area contributed by atoms with Crippen LogP contribution in [-0.4, -0.2) is 0 Å². The van der Waals surface area contributed by atoms with E-state index in [0.29, 0.717) is 0 Å². The number of thiophene rings is 1. The Morgan fingerprint density at radius 1 is 0.343 bits per heavy atom. The van der Waals surface area contributed by atoms with Crippen molar-refractivity contribution in [2.45, 2.75) is 0 Å². The lowest BCUT2D eigenvalue weighted by Gasteiger charge is -2.09. The summed E-state index contributed by atoms with van der Waals surface area (Å²) in [5.41, 5.74) is 5.09. The highest BCUT2D eigenvalue weighted by Gasteiger charge is 2.17. The Morgan fingerprint density at radius 3 is 1.69 bits per heavy atom. The van der Waals surface area contributed by atoms with E-state index in [4.69, 9.17) is 0 Å². The second-order valence-electron chi connectivity index (χ2n) is 8.98. The smallest absolute Gasteiger partial charge is 0.0434 e. The van der Waals surface area contributed by atoms with Crippen LogP contribution in [0, 0.1) is 0 Å². The van der Waals surface area contributed by atoms with E-state index in [1.807, 2.05) is 11.3 Å². The maximum Gasteiger partial charge on any atom is 0.0434 e. The molecule has 0 atom stereocenters. The molecule has 1 heterocycles. The molecular weight excluding hydrogens is 440 g/mol. The minimum absolute atomic E-state index is 1.25. The number of hydrogen-bond donors (Lipinski definition) is 0. The van der Waals surface area contributed by atoms with Crippen molar-refractivity contribution in [1.82, 2.24) is 0 Å². The van der Waals surface area contributed by atoms with Crippen molar-refractivity contribution in [3.05, 3.63) is 133 Å². The highest BCUT2D eigenvalue weighted by Crippen LogP contribution is 2.47. The average molecular weight is 463 g/mol. The van der Waals surface area contributed by atoms with Gasteiger partial charge in [0.25, 0.3) is 0 Å². The van der Waals surface area contributed by atoms with Gasteiger partial charge < -0.3 is 0 Å². The predicted octanol–water partition coefficient (Wildman–Crippen LogP) is 10.2. The van der Waals surface area contributed by atoms with Gasteiger partial charge in [-0.2, -0.15) is 0 Å². The summed E-state index contributed by atoms with van der Waals surface area (Å²) < 4.78 is 0. The van der Waals surface area contributed by atoms with Gasteiger partial charge in [0.15, 0.2) is 0 Å². The van der Waals surface area contributed by atoms with E-state index < -0.39 is 0 Å². The van der Waals surface area contributed by atoms with Gasteiger partial charge in [0, 0.05) is 26.1 Å². The summed E-state index contributed by atoms with van der Waals surface area (Å²) in [7, 11) is 0. The zero-order valence-corrected chi connectivity index (χ0v) is 19.9. The summed E-state index contributed by atoms with van der Waals surface area (Å²) >= 11 is 1.90. The molecule has 164 valence electrons. The molecule has 7 rings (SSSR count). The minimum Gasteiger partial charge on any atom is -0.134 e. The van der Waals surface area contributed by atoms with Crippen molar-refractivity contribution < 1.29 is 0 Å². The zero-order chi connectivity index (χ0) is 23.2. The summed E-state index contributed by atoms with van der Waals surface area (Å²) in [6.45, 7) is 0. The van der Waals surface area contributed by atoms with Crippen LogP contribution in [0.15, 0.2) is 133 Å². The van der Waals surface area contributed by atoms with Crippen LogP contribution in [0.25, 0.3) is 64.3 Å². The van der Waals surface area contributed by atoms with Gasteiger partial charge in [-0.05, 0) is 56.4 Å². The minimum atomic E-state index is 1.25. The Morgan fingerprint density at radius 2 is 0.914 bits per heavy atom. The van der Waals surface area contributed by atoms with E-state index in [1.165, 1.54) is 64.3 Å². The molecule has 0 aliphatic rings. The Kier molecular flexibility index (Phi) is 4.75. The van der Waals surface area contributed by atoms with Crippen LogP contribution in [0.2, 0.25) is 0 Å². The molecule has 0 radical (unpaired) electrons. The molecule has 35 heavy (non-hydrogen) atoms. The average Bonchev–Trinajstić information content (AvgIpc) is 3.32. The first kappa shape index (κ1) is 20.2. The molecule has 7 aromatic rings. The topological polar surface area (TPSA) is 0 Å². The lowest BCUT2D eigenvalue weighted by Crippen LogP contribution is -1.82. The molecule has 0 unspecified atom stereocenters. The molecule has 1 aromatic heterocycles. The largest absolute Gasteiger partial charge is 0.134 e. The lowest BCUT2D eigenvalue weighted by molar-refractivity contribution is 1.62. The van der Waals surface area contributed by atoms with Crippen molar-refractivity contribution in [2.24, 2.45) is 0 Å². The normalized spacial score (nSPS) is 11.4. The molecule has 6 aromatic carbocycles. The molecule has 0 nitrogen and oxygen atoms in total. The van der Waals surface area contributed by atoms with Crippen LogP contribution >= 0.6 is 11.3 Å². The Hall–Kier alpha value is -4.20. The molecule has 0 N–H and O–H groups in total. The molecule has 0 bridgehead atoms. The van der Waals surface area contributed by atoms with E-state index in [2.05, 4.69) is 133 Å². The van der Waals surface area contributed by atoms with Crippen LogP contribution in [-0.2, 0) is 0 Å². The maximum atomic E-state index is 2.35. The monoisotopic (exact) mass is 462 g/mol. The van der Waals surface area contributed by atoms with Crippen LogP contribution in [0.4, 0.5) is 0 Å². The van der Waals surface area contributed by atoms with Gasteiger partial charge in [-0.25, -0.2) is 0 Å². The van der Waals surface area contributed by atoms with Gasteiger partial charge in [-0.1, -0.05) is 115 Å². The van der Waals surface area contributed by atoms with Gasteiger partial charge in [-0.15, -0.1) is 11.3 Å². The van der Waals surface area contributed by atoms with Crippen LogP contribution in [0.3, 0.4) is 0 Å². The first-order valence-electron chi connectivity index (χ1n) is 11.9. The highest BCUT2D eigenvalue weighted by atomic mass is 32.1. The highest BCUT2D eigenvalue weighted by molar-refractivity contribution is 7.21. The fraction of sp³-hybridized carbons (Fsp3) is 0. The maximum absolute atomic E-state index is 2.35. The second-order valence-corrected chi connectivity index (χ2v) is 10.00. The molecular formula is C34H22S. The number of fused-ring (bicyclic) bond motifs is 3. The third kappa shape index (κ3) is 3.44. The van der Waals surface area contributed by atoms with Crippen LogP contribution < -0.4 is 0 Å². The Labute approximate surface area is 208 Å². The lowest BCUT2D eigenvalue weighted by atomic mass is 9.96. The van der Waals surface area contributed by atoms with Crippen molar-refractivity contribution in [3.8, 4) is 32.0 Å². The SMILES string of the molecule is c1ccc(-c2ccccc2-c2sc(-c3ccc4cc5ccccc5cc4c3)c3ccccc23)cc1. The van der Waals surface area contributed by atoms with Gasteiger partial charge >= 0.3 is 0 Å². The van der Waals surface area contributed by atoms with Gasteiger partial charge in [-0.3, -0.25) is 0 Å². The molecule has 0 aliphatic heterocycles. The summed E-state index contributed by atoms with van der Waals surface area (Å²) in [6, 6.07) is 48.4. The number of hydrogen-bond acceptors (Lipinski definition) is 1. The fourth-order valence-corrected chi connectivity index (χ4v) is 6.45. The molecule has 0 amide bonds. The van der Waals surface area contributed by atoms with E-state index in [9.17, 15) is 0 Å². The van der Waals surface area contributed by atoms with Crippen molar-refractivity contribution in [3.63, 3.8) is 0 Å². The Balaban J connectivity index is 1.45. The fourth-order valence-electron chi connectivity index (χ4n) is 5.14. The van der Waals surface area contributed by atoms with Crippen LogP contribution in [0.5, 0.6) is 0 Å². The summed E-state index contributed by atoms with van der Waals surface area (Å²) in [5.74, 6) is 0. The van der Waals surface area contributed by atoms with E-state index >= 15 is 0 Å². The van der Waals surface area contributed by atoms with Crippen molar-refractivity contribution in [2.75, 3.05) is 0 Å². The molecule has 0 aliphatic carbocycles. The molecule has 0 saturated heterocycles. The van der Waals surface area contributed by atoms with Crippen molar-refractivity contribution >= 4 is 43.7 Å². The summed E-state index contributed by atoms with van der Waals surface area (Å²) in [5, 5.41) is 7.76. The number of benzene rings is 6. The van der Waals surface area contributed by atoms with Gasteiger partial charge in [0.2, 0.25) is 0 Å². The third-order valence-electron chi connectivity index (χ3n) is 6.84. The summed E-state index contributed by atoms with van der Waals surface area (Å²) in [4.78, 5) is 2.65. The first-order chi connectivity index (χ1) is 17.3. The number of rotatable bonds is 3. The standard InChI is InChI=1S/C34H22S/c1-2-10-23(11-3-1)29-14-6-7-15-30(29)34-32-17-9-8-16-31(32)33(35-34)27-19-18-26-20-24-12-4-5-13-25(24)21-28(26)22-27/h1-22H. The summed E-state index contributed by atoms with van der Waals surface area (Å²) in [6.07, 6.45) is 0. The first-order valence-corrected chi connectivity index (χ1v) is 12.8. The quantitative estimate of drug-likeness (QED) is 0.229. The molecule has 0 spiro atoms. The third-order valence-corrected chi connectivity index (χ3v) is 8.15. The molecule has 0 fully saturated rings. The van der Waals surface area contributed by atoms with E-state index in [1.54, 1.807) is 0 Å². The van der Waals surface area contributed by atoms with Crippen molar-refractivity contribution in [1.29, 1.82) is 0 Å². The molecule has 0 saturated carbocycles. The van der Waals surface area contributed by atoms with E-state index in [-0.39, 0.29) is 0 Å². The van der Waals surface area contributed by atoms with Crippen LogP contribution in [0.1, 0.15) is 0 Å². The Bertz CT molecular complexity index is 1840. The predicted molar refractivity (Wildman–Crippen MR) is 153 cm³/mol. The van der Waals surface area contributed by atoms with Gasteiger partial charge in [0.05, 0.1) is 0 Å². The van der Waals surface area contributed by atoms with Gasteiger partial charge in [0.1, 0.15) is 0 Å². The second kappa shape index (κ2) is 8.23. The van der Waals surface area contributed by atoms with E-state index in [0.717, 1.165) is 0 Å².